The van der Waals surface area contributed by atoms with Crippen LogP contribution in [0.25, 0.3) is 0 Å². The molecule has 5 rings (SSSR count). The van der Waals surface area contributed by atoms with Crippen molar-refractivity contribution in [2.75, 3.05) is 13.1 Å². The Morgan fingerprint density at radius 2 is 1.32 bits per heavy atom. The molecule has 1 saturated heterocycles. The second-order valence-corrected chi connectivity index (χ2v) is 11.5. The highest BCUT2D eigenvalue weighted by atomic mass is 16.2. The van der Waals surface area contributed by atoms with Crippen molar-refractivity contribution in [1.82, 2.24) is 19.8 Å². The maximum atomic E-state index is 12.5. The number of pyridine rings is 2. The van der Waals surface area contributed by atoms with Gasteiger partial charge in [-0.1, -0.05) is 71.4 Å². The fourth-order valence-corrected chi connectivity index (χ4v) is 5.71. The van der Waals surface area contributed by atoms with Gasteiger partial charge in [-0.05, 0) is 37.5 Å². The summed E-state index contributed by atoms with van der Waals surface area (Å²) >= 11 is 0. The average Bonchev–Trinajstić information content (AvgIpc) is 3.45. The number of unbranched alkanes of at least 4 members (excludes halogenated alkanes) is 6. The Morgan fingerprint density at radius 1 is 0.795 bits per heavy atom. The van der Waals surface area contributed by atoms with Crippen LogP contribution in [0.5, 0.6) is 0 Å². The SMILES string of the molecule is CC(=NN)c1cccnc1.CCCCCCN1C(=O)C2C(C1=O)C2(C)c1cccnc1.CCCCCCN1C(=O)C=CC1=O. The summed E-state index contributed by atoms with van der Waals surface area (Å²) in [4.78, 5) is 58.0. The van der Waals surface area contributed by atoms with Gasteiger partial charge in [-0.3, -0.25) is 38.9 Å². The Balaban J connectivity index is 0.000000197. The first-order valence-electron chi connectivity index (χ1n) is 15.7. The summed E-state index contributed by atoms with van der Waals surface area (Å²) < 4.78 is 0. The van der Waals surface area contributed by atoms with E-state index in [1.807, 2.05) is 38.1 Å². The highest BCUT2D eigenvalue weighted by Crippen LogP contribution is 2.64. The highest BCUT2D eigenvalue weighted by Gasteiger charge is 2.75. The molecule has 0 bridgehead atoms. The normalized spacial score (nSPS) is 22.0. The van der Waals surface area contributed by atoms with Crippen LogP contribution in [0.1, 0.15) is 90.2 Å². The summed E-state index contributed by atoms with van der Waals surface area (Å²) in [7, 11) is 0. The molecule has 4 amide bonds. The number of nitrogens with zero attached hydrogens (tertiary/aromatic N) is 5. The van der Waals surface area contributed by atoms with Crippen molar-refractivity contribution in [3.63, 3.8) is 0 Å². The molecule has 2 fully saturated rings. The molecule has 2 aromatic rings. The molecule has 1 saturated carbocycles. The van der Waals surface area contributed by atoms with Gasteiger partial charge in [-0.2, -0.15) is 5.10 Å². The smallest absolute Gasteiger partial charge is 0.253 e. The third kappa shape index (κ3) is 8.24. The van der Waals surface area contributed by atoms with Crippen molar-refractivity contribution < 1.29 is 19.2 Å². The van der Waals surface area contributed by atoms with Gasteiger partial charge in [0.2, 0.25) is 11.8 Å². The number of piperidine rings is 1. The van der Waals surface area contributed by atoms with E-state index < -0.39 is 0 Å². The minimum absolute atomic E-state index is 0.0212. The summed E-state index contributed by atoms with van der Waals surface area (Å²) in [5.74, 6) is 4.44. The molecule has 0 aromatic carbocycles. The molecule has 2 aromatic heterocycles. The number of hydrogen-bond donors (Lipinski definition) is 1. The van der Waals surface area contributed by atoms with Gasteiger partial charge in [0.25, 0.3) is 11.8 Å². The number of fused-ring (bicyclic) bond motifs is 1. The fraction of sp³-hybridized carbons (Fsp3) is 0.500. The summed E-state index contributed by atoms with van der Waals surface area (Å²) in [5, 5.41) is 3.54. The molecule has 10 heteroatoms. The molecule has 10 nitrogen and oxygen atoms in total. The molecule has 4 heterocycles. The number of aromatic nitrogens is 2. The summed E-state index contributed by atoms with van der Waals surface area (Å²) in [5.41, 5.74) is 2.44. The lowest BCUT2D eigenvalue weighted by Crippen LogP contribution is -2.38. The first-order valence-corrected chi connectivity index (χ1v) is 15.7. The first kappa shape index (κ1) is 34.3. The Labute approximate surface area is 260 Å². The third-order valence-corrected chi connectivity index (χ3v) is 8.51. The van der Waals surface area contributed by atoms with Gasteiger partial charge in [0.15, 0.2) is 0 Å². The van der Waals surface area contributed by atoms with Crippen LogP contribution in [0.2, 0.25) is 0 Å². The van der Waals surface area contributed by atoms with Crippen LogP contribution in [0, 0.1) is 11.8 Å². The van der Waals surface area contributed by atoms with Gasteiger partial charge in [0, 0.05) is 61.0 Å². The van der Waals surface area contributed by atoms with Crippen LogP contribution in [0.3, 0.4) is 0 Å². The minimum atomic E-state index is -0.331. The molecule has 0 spiro atoms. The number of amides is 4. The van der Waals surface area contributed by atoms with E-state index in [2.05, 4.69) is 28.9 Å². The lowest BCUT2D eigenvalue weighted by molar-refractivity contribution is -0.142. The largest absolute Gasteiger partial charge is 0.323 e. The zero-order chi connectivity index (χ0) is 32.1. The van der Waals surface area contributed by atoms with E-state index in [0.717, 1.165) is 55.4 Å². The lowest BCUT2D eigenvalue weighted by Gasteiger charge is -2.22. The molecule has 2 N–H and O–H groups in total. The molecule has 2 atom stereocenters. The van der Waals surface area contributed by atoms with Crippen LogP contribution in [-0.2, 0) is 24.6 Å². The monoisotopic (exact) mass is 602 g/mol. The quantitative estimate of drug-likeness (QED) is 0.121. The number of imide groups is 2. The molecule has 2 aliphatic heterocycles. The van der Waals surface area contributed by atoms with Crippen molar-refractivity contribution in [3.05, 3.63) is 72.3 Å². The lowest BCUT2D eigenvalue weighted by atomic mass is 9.93. The van der Waals surface area contributed by atoms with E-state index in [0.29, 0.717) is 13.1 Å². The van der Waals surface area contributed by atoms with Crippen LogP contribution in [0.4, 0.5) is 0 Å². The summed E-state index contributed by atoms with van der Waals surface area (Å²) in [6.07, 6.45) is 18.3. The van der Waals surface area contributed by atoms with Gasteiger partial charge < -0.3 is 5.84 Å². The zero-order valence-corrected chi connectivity index (χ0v) is 26.4. The molecule has 0 radical (unpaired) electrons. The maximum absolute atomic E-state index is 12.5. The van der Waals surface area contributed by atoms with Gasteiger partial charge >= 0.3 is 0 Å². The number of carbonyl (C=O) groups excluding carboxylic acids is 4. The zero-order valence-electron chi connectivity index (χ0n) is 26.4. The molecular weight excluding hydrogens is 556 g/mol. The molecule has 44 heavy (non-hydrogen) atoms. The van der Waals surface area contributed by atoms with Crippen LogP contribution in [-0.4, -0.2) is 62.2 Å². The van der Waals surface area contributed by atoms with Crippen LogP contribution < -0.4 is 5.84 Å². The average molecular weight is 603 g/mol. The predicted octanol–water partition coefficient (Wildman–Crippen LogP) is 4.79. The predicted molar refractivity (Wildman–Crippen MR) is 170 cm³/mol. The Bertz CT molecular complexity index is 1290. The maximum Gasteiger partial charge on any atom is 0.253 e. The number of carbonyl (C=O) groups is 4. The van der Waals surface area contributed by atoms with Crippen LogP contribution in [0.15, 0.2) is 66.3 Å². The molecule has 1 aliphatic carbocycles. The Morgan fingerprint density at radius 3 is 1.77 bits per heavy atom. The van der Waals surface area contributed by atoms with Gasteiger partial charge in [0.1, 0.15) is 0 Å². The number of hydrazone groups is 1. The third-order valence-electron chi connectivity index (χ3n) is 8.51. The number of rotatable bonds is 12. The van der Waals surface area contributed by atoms with Crippen molar-refractivity contribution in [3.8, 4) is 0 Å². The van der Waals surface area contributed by atoms with Crippen molar-refractivity contribution in [2.45, 2.75) is 84.5 Å². The van der Waals surface area contributed by atoms with Gasteiger partial charge in [0.05, 0.1) is 17.5 Å². The second kappa shape index (κ2) is 16.6. The molecular formula is C34H46N6O4. The standard InChI is InChI=1S/C17H22N2O2.C10H15NO2.C7H9N3/c1-3-4-5-6-10-19-15(20)13-14(16(19)21)17(13,2)12-8-7-9-18-11-12;1-2-3-4-5-8-11-9(12)6-7-10(11)13;1-6(10-8)7-3-2-4-9-5-7/h7-9,11,13-14H,3-6,10H2,1-2H3;6-7H,2-5,8H2,1H3;2-5H,8H2,1H3. The van der Waals surface area contributed by atoms with Gasteiger partial charge in [-0.25, -0.2) is 0 Å². The highest BCUT2D eigenvalue weighted by molar-refractivity contribution is 6.13. The number of hydrogen-bond acceptors (Lipinski definition) is 8. The van der Waals surface area contributed by atoms with Crippen molar-refractivity contribution in [2.24, 2.45) is 22.8 Å². The van der Waals surface area contributed by atoms with Gasteiger partial charge in [-0.15, -0.1) is 0 Å². The first-order chi connectivity index (χ1) is 21.2. The molecule has 236 valence electrons. The van der Waals surface area contributed by atoms with Crippen molar-refractivity contribution in [1.29, 1.82) is 0 Å². The van der Waals surface area contributed by atoms with E-state index in [1.54, 1.807) is 24.8 Å². The van der Waals surface area contributed by atoms with E-state index in [1.165, 1.54) is 34.8 Å². The summed E-state index contributed by atoms with van der Waals surface area (Å²) in [6.45, 7) is 9.31. The minimum Gasteiger partial charge on any atom is -0.323 e. The van der Waals surface area contributed by atoms with Crippen LogP contribution >= 0.6 is 0 Å². The van der Waals surface area contributed by atoms with E-state index in [9.17, 15) is 19.2 Å². The topological polar surface area (TPSA) is 139 Å². The van der Waals surface area contributed by atoms with E-state index >= 15 is 0 Å². The summed E-state index contributed by atoms with van der Waals surface area (Å²) in [6, 6.07) is 7.60. The van der Waals surface area contributed by atoms with E-state index in [-0.39, 0.29) is 40.9 Å². The number of likely N-dealkylation sites (tertiary alicyclic amines) is 1. The fourth-order valence-electron chi connectivity index (χ4n) is 5.71. The number of nitrogens with two attached hydrogens (primary N) is 1. The Kier molecular flexibility index (Phi) is 12.9. The second-order valence-electron chi connectivity index (χ2n) is 11.5. The van der Waals surface area contributed by atoms with Crippen molar-refractivity contribution >= 4 is 29.3 Å². The van der Waals surface area contributed by atoms with E-state index in [4.69, 9.17) is 5.84 Å². The Hall–Kier alpha value is -4.21. The molecule has 2 unspecified atom stereocenters. The molecule has 3 aliphatic rings.